The van der Waals surface area contributed by atoms with Crippen LogP contribution in [0.15, 0.2) is 41.3 Å². The highest BCUT2D eigenvalue weighted by atomic mass is 16.7. The van der Waals surface area contributed by atoms with Gasteiger partial charge < -0.3 is 24.3 Å². The standard InChI is InChI=1S/C18H21N3O4/c1-20(2)14(12-4-6-15-16(8-12)25-11-24-15)9-19-18(23)13-5-7-17(22)21(3)10-13/h4-8,10,14H,9,11H2,1-3H3,(H,19,23)/t14-/m0/s1. The molecule has 25 heavy (non-hydrogen) atoms. The Hall–Kier alpha value is -2.80. The number of carbonyl (C=O) groups excluding carboxylic acids is 1. The maximum Gasteiger partial charge on any atom is 0.252 e. The van der Waals surface area contributed by atoms with E-state index in [9.17, 15) is 9.59 Å². The second-order valence-corrected chi connectivity index (χ2v) is 6.17. The fourth-order valence-corrected chi connectivity index (χ4v) is 2.74. The van der Waals surface area contributed by atoms with E-state index in [0.29, 0.717) is 17.9 Å². The van der Waals surface area contributed by atoms with Gasteiger partial charge in [-0.05, 0) is 37.9 Å². The summed E-state index contributed by atoms with van der Waals surface area (Å²) in [6, 6.07) is 8.68. The zero-order chi connectivity index (χ0) is 18.0. The van der Waals surface area contributed by atoms with Crippen LogP contribution in [-0.4, -0.2) is 42.8 Å². The number of pyridine rings is 1. The normalized spacial score (nSPS) is 13.8. The van der Waals surface area contributed by atoms with E-state index in [4.69, 9.17) is 9.47 Å². The molecule has 3 rings (SSSR count). The number of hydrogen-bond acceptors (Lipinski definition) is 5. The number of rotatable bonds is 5. The fraction of sp³-hybridized carbons (Fsp3) is 0.333. The number of carbonyl (C=O) groups is 1. The second kappa shape index (κ2) is 6.98. The van der Waals surface area contributed by atoms with Crippen molar-refractivity contribution in [2.45, 2.75) is 6.04 Å². The van der Waals surface area contributed by atoms with E-state index in [1.165, 1.54) is 22.9 Å². The van der Waals surface area contributed by atoms with Gasteiger partial charge in [-0.2, -0.15) is 0 Å². The first-order chi connectivity index (χ1) is 12.0. The molecule has 0 fully saturated rings. The van der Waals surface area contributed by atoms with E-state index >= 15 is 0 Å². The van der Waals surface area contributed by atoms with Crippen molar-refractivity contribution in [2.24, 2.45) is 7.05 Å². The Bertz CT molecular complexity index is 844. The molecular formula is C18H21N3O4. The van der Waals surface area contributed by atoms with E-state index in [-0.39, 0.29) is 24.3 Å². The maximum absolute atomic E-state index is 12.4. The van der Waals surface area contributed by atoms with Crippen LogP contribution in [0.25, 0.3) is 0 Å². The third-order valence-corrected chi connectivity index (χ3v) is 4.21. The minimum atomic E-state index is -0.219. The summed E-state index contributed by atoms with van der Waals surface area (Å²) in [5.41, 5.74) is 1.32. The molecule has 0 bridgehead atoms. The van der Waals surface area contributed by atoms with Crippen LogP contribution in [0.4, 0.5) is 0 Å². The van der Waals surface area contributed by atoms with Gasteiger partial charge >= 0.3 is 0 Å². The summed E-state index contributed by atoms with van der Waals surface area (Å²) in [6.07, 6.45) is 1.53. The number of likely N-dealkylation sites (N-methyl/N-ethyl adjacent to an activating group) is 1. The molecule has 1 aromatic carbocycles. The molecule has 1 aliphatic rings. The van der Waals surface area contributed by atoms with Crippen molar-refractivity contribution >= 4 is 5.91 Å². The van der Waals surface area contributed by atoms with Gasteiger partial charge in [0.25, 0.3) is 5.91 Å². The first-order valence-electron chi connectivity index (χ1n) is 7.96. The number of ether oxygens (including phenoxy) is 2. The lowest BCUT2D eigenvalue weighted by molar-refractivity contribution is 0.0941. The molecule has 1 aromatic heterocycles. The van der Waals surface area contributed by atoms with Crippen LogP contribution in [0.1, 0.15) is 22.0 Å². The van der Waals surface area contributed by atoms with Gasteiger partial charge in [0.1, 0.15) is 0 Å². The van der Waals surface area contributed by atoms with Crippen LogP contribution in [0.5, 0.6) is 11.5 Å². The summed E-state index contributed by atoms with van der Waals surface area (Å²) in [7, 11) is 5.52. The van der Waals surface area contributed by atoms with Gasteiger partial charge in [-0.1, -0.05) is 6.07 Å². The van der Waals surface area contributed by atoms with Gasteiger partial charge in [0, 0.05) is 25.9 Å². The zero-order valence-electron chi connectivity index (χ0n) is 14.5. The third kappa shape index (κ3) is 3.66. The second-order valence-electron chi connectivity index (χ2n) is 6.17. The summed E-state index contributed by atoms with van der Waals surface area (Å²) in [4.78, 5) is 25.8. The van der Waals surface area contributed by atoms with Gasteiger partial charge in [0.05, 0.1) is 11.6 Å². The first-order valence-corrected chi connectivity index (χ1v) is 7.96. The van der Waals surface area contributed by atoms with Crippen molar-refractivity contribution in [1.29, 1.82) is 0 Å². The van der Waals surface area contributed by atoms with Gasteiger partial charge in [-0.3, -0.25) is 9.59 Å². The minimum Gasteiger partial charge on any atom is -0.454 e. The van der Waals surface area contributed by atoms with Crippen molar-refractivity contribution in [3.63, 3.8) is 0 Å². The minimum absolute atomic E-state index is 0.0222. The molecule has 7 heteroatoms. The van der Waals surface area contributed by atoms with Crippen LogP contribution < -0.4 is 20.3 Å². The van der Waals surface area contributed by atoms with Gasteiger partial charge in [-0.15, -0.1) is 0 Å². The highest BCUT2D eigenvalue weighted by molar-refractivity contribution is 5.93. The van der Waals surface area contributed by atoms with Gasteiger partial charge in [0.15, 0.2) is 11.5 Å². The molecule has 0 saturated carbocycles. The summed E-state index contributed by atoms with van der Waals surface area (Å²) in [6.45, 7) is 0.656. The molecule has 0 unspecified atom stereocenters. The molecule has 0 aliphatic carbocycles. The molecule has 0 saturated heterocycles. The van der Waals surface area contributed by atoms with E-state index in [1.54, 1.807) is 7.05 Å². The lowest BCUT2D eigenvalue weighted by Gasteiger charge is -2.25. The Morgan fingerprint density at radius 1 is 1.24 bits per heavy atom. The molecule has 2 aromatic rings. The van der Waals surface area contributed by atoms with Crippen molar-refractivity contribution in [3.8, 4) is 11.5 Å². The van der Waals surface area contributed by atoms with Crippen molar-refractivity contribution in [3.05, 3.63) is 58.0 Å². The van der Waals surface area contributed by atoms with Crippen molar-refractivity contribution in [2.75, 3.05) is 27.4 Å². The van der Waals surface area contributed by atoms with Gasteiger partial charge in [-0.25, -0.2) is 0 Å². The highest BCUT2D eigenvalue weighted by Gasteiger charge is 2.20. The molecule has 2 heterocycles. The quantitative estimate of drug-likeness (QED) is 0.882. The Morgan fingerprint density at radius 3 is 2.72 bits per heavy atom. The van der Waals surface area contributed by atoms with Crippen LogP contribution in [0.2, 0.25) is 0 Å². The lowest BCUT2D eigenvalue weighted by Crippen LogP contribution is -2.35. The number of nitrogens with zero attached hydrogens (tertiary/aromatic N) is 2. The molecule has 1 amide bonds. The van der Waals surface area contributed by atoms with Gasteiger partial charge in [0.2, 0.25) is 12.4 Å². The first kappa shape index (κ1) is 17.0. The van der Waals surface area contributed by atoms with E-state index in [0.717, 1.165) is 11.3 Å². The fourth-order valence-electron chi connectivity index (χ4n) is 2.74. The molecule has 1 N–H and O–H groups in total. The van der Waals surface area contributed by atoms with Crippen molar-refractivity contribution in [1.82, 2.24) is 14.8 Å². The Morgan fingerprint density at radius 2 is 2.00 bits per heavy atom. The molecule has 132 valence electrons. The Balaban J connectivity index is 1.73. The van der Waals surface area contributed by atoms with Crippen LogP contribution in [0.3, 0.4) is 0 Å². The predicted molar refractivity (Wildman–Crippen MR) is 93.0 cm³/mol. The molecule has 0 spiro atoms. The number of nitrogens with one attached hydrogen (secondary N) is 1. The molecule has 7 nitrogen and oxygen atoms in total. The zero-order valence-corrected chi connectivity index (χ0v) is 14.5. The van der Waals surface area contributed by atoms with E-state index < -0.39 is 0 Å². The average Bonchev–Trinajstić information content (AvgIpc) is 3.04. The molecular weight excluding hydrogens is 322 g/mol. The lowest BCUT2D eigenvalue weighted by atomic mass is 10.0. The molecule has 0 radical (unpaired) electrons. The molecule has 1 aliphatic heterocycles. The number of hydrogen-bond donors (Lipinski definition) is 1. The highest BCUT2D eigenvalue weighted by Crippen LogP contribution is 2.34. The topological polar surface area (TPSA) is 72.8 Å². The number of amides is 1. The van der Waals surface area contributed by atoms with Crippen LogP contribution in [-0.2, 0) is 7.05 Å². The Labute approximate surface area is 145 Å². The van der Waals surface area contributed by atoms with Crippen LogP contribution in [0, 0.1) is 0 Å². The maximum atomic E-state index is 12.4. The number of benzene rings is 1. The van der Waals surface area contributed by atoms with E-state index in [2.05, 4.69) is 5.32 Å². The monoisotopic (exact) mass is 343 g/mol. The van der Waals surface area contributed by atoms with Crippen LogP contribution >= 0.6 is 0 Å². The summed E-state index contributed by atoms with van der Waals surface area (Å²) in [5.74, 6) is 1.23. The summed E-state index contributed by atoms with van der Waals surface area (Å²) in [5, 5.41) is 2.93. The average molecular weight is 343 g/mol. The summed E-state index contributed by atoms with van der Waals surface area (Å²) < 4.78 is 12.2. The SMILES string of the molecule is CN(C)[C@@H](CNC(=O)c1ccc(=O)n(C)c1)c1ccc2c(c1)OCO2. The largest absolute Gasteiger partial charge is 0.454 e. The summed E-state index contributed by atoms with van der Waals surface area (Å²) >= 11 is 0. The number of aromatic nitrogens is 1. The van der Waals surface area contributed by atoms with Crippen molar-refractivity contribution < 1.29 is 14.3 Å². The predicted octanol–water partition coefficient (Wildman–Crippen LogP) is 1.15. The number of fused-ring (bicyclic) bond motifs is 1. The number of aryl methyl sites for hydroxylation is 1. The van der Waals surface area contributed by atoms with E-state index in [1.807, 2.05) is 37.2 Å². The third-order valence-electron chi connectivity index (χ3n) is 4.21. The molecule has 1 atom stereocenters. The Kier molecular flexibility index (Phi) is 4.76. The smallest absolute Gasteiger partial charge is 0.252 e.